The van der Waals surface area contributed by atoms with Crippen LogP contribution in [0.2, 0.25) is 0 Å². The summed E-state index contributed by atoms with van der Waals surface area (Å²) in [7, 11) is 1.45. The Morgan fingerprint density at radius 2 is 2.40 bits per heavy atom. The minimum Gasteiger partial charge on any atom is -0.616 e. The van der Waals surface area contributed by atoms with E-state index in [1.165, 1.54) is 13.3 Å². The lowest BCUT2D eigenvalue weighted by molar-refractivity contribution is -0.612. The zero-order valence-corrected chi connectivity index (χ0v) is 6.96. The van der Waals surface area contributed by atoms with Crippen molar-refractivity contribution in [2.75, 3.05) is 7.11 Å². The molecule has 0 radical (unpaired) electrons. The van der Waals surface area contributed by atoms with Crippen LogP contribution in [0.4, 0.5) is 0 Å². The van der Waals surface area contributed by atoms with E-state index in [4.69, 9.17) is 4.74 Å². The Hall–Kier alpha value is -0.770. The number of pyridine rings is 1. The molecule has 1 heterocycles. The van der Waals surface area contributed by atoms with Gasteiger partial charge in [-0.05, 0) is 0 Å². The molecule has 1 aromatic heterocycles. The molecule has 0 amide bonds. The van der Waals surface area contributed by atoms with Crippen molar-refractivity contribution in [2.24, 2.45) is 0 Å². The summed E-state index contributed by atoms with van der Waals surface area (Å²) < 4.78 is 6.23. The number of aromatic nitrogens is 1. The van der Waals surface area contributed by atoms with Crippen LogP contribution in [0.15, 0.2) is 22.8 Å². The highest BCUT2D eigenvalue weighted by Crippen LogP contribution is 2.11. The normalized spacial score (nSPS) is 9.40. The van der Waals surface area contributed by atoms with Gasteiger partial charge < -0.3 is 9.94 Å². The minimum absolute atomic E-state index is 0.286. The maximum absolute atomic E-state index is 10.8. The van der Waals surface area contributed by atoms with Crippen LogP contribution in [0.1, 0.15) is 0 Å². The van der Waals surface area contributed by atoms with Crippen LogP contribution in [0.5, 0.6) is 5.88 Å². The molecule has 0 spiro atoms. The lowest BCUT2D eigenvalue weighted by Crippen LogP contribution is -2.27. The average molecular weight is 204 g/mol. The maximum atomic E-state index is 10.8. The highest BCUT2D eigenvalue weighted by Gasteiger charge is 2.02. The van der Waals surface area contributed by atoms with E-state index in [0.29, 0.717) is 4.73 Å². The van der Waals surface area contributed by atoms with Crippen LogP contribution < -0.4 is 9.47 Å². The molecule has 0 N–H and O–H groups in total. The Kier molecular flexibility index (Phi) is 2.11. The molecule has 0 bridgehead atoms. The Labute approximate surface area is 67.0 Å². The van der Waals surface area contributed by atoms with Gasteiger partial charge in [-0.25, -0.2) is 0 Å². The first-order valence-electron chi connectivity index (χ1n) is 2.67. The zero-order chi connectivity index (χ0) is 7.56. The third-order valence-electron chi connectivity index (χ3n) is 1.06. The van der Waals surface area contributed by atoms with Gasteiger partial charge in [-0.1, -0.05) is 15.9 Å². The molecule has 0 atom stereocenters. The van der Waals surface area contributed by atoms with E-state index >= 15 is 0 Å². The largest absolute Gasteiger partial charge is 0.616 e. The molecule has 0 saturated heterocycles. The number of hydrogen-bond donors (Lipinski definition) is 0. The first-order chi connectivity index (χ1) is 4.74. The molecule has 0 aliphatic rings. The van der Waals surface area contributed by atoms with Crippen molar-refractivity contribution in [3.63, 3.8) is 0 Å². The smallest absolute Gasteiger partial charge is 0.380 e. The van der Waals surface area contributed by atoms with E-state index in [1.54, 1.807) is 12.1 Å². The molecule has 4 heteroatoms. The summed E-state index contributed by atoms with van der Waals surface area (Å²) in [6.45, 7) is 0. The second-order valence-corrected chi connectivity index (χ2v) is 2.63. The number of ether oxygens (including phenoxy) is 1. The van der Waals surface area contributed by atoms with E-state index in [2.05, 4.69) is 15.9 Å². The topological polar surface area (TPSA) is 36.2 Å². The second kappa shape index (κ2) is 2.88. The van der Waals surface area contributed by atoms with Crippen LogP contribution in [0, 0.1) is 5.21 Å². The average Bonchev–Trinajstić information content (AvgIpc) is 1.94. The van der Waals surface area contributed by atoms with Crippen LogP contribution in [-0.2, 0) is 0 Å². The molecule has 1 rings (SSSR count). The molecule has 0 fully saturated rings. The summed E-state index contributed by atoms with van der Waals surface area (Å²) in [6.07, 6.45) is 1.38. The summed E-state index contributed by atoms with van der Waals surface area (Å²) in [4.78, 5) is 0. The second-order valence-electron chi connectivity index (χ2n) is 1.71. The fraction of sp³-hybridized carbons (Fsp3) is 0.167. The monoisotopic (exact) mass is 203 g/mol. The van der Waals surface area contributed by atoms with Gasteiger partial charge >= 0.3 is 5.88 Å². The highest BCUT2D eigenvalue weighted by molar-refractivity contribution is 9.10. The quantitative estimate of drug-likeness (QED) is 0.507. The van der Waals surface area contributed by atoms with Crippen molar-refractivity contribution in [3.8, 4) is 5.88 Å². The van der Waals surface area contributed by atoms with Gasteiger partial charge in [-0.2, -0.15) is 0 Å². The summed E-state index contributed by atoms with van der Waals surface area (Å²) >= 11 is 3.20. The van der Waals surface area contributed by atoms with E-state index in [-0.39, 0.29) is 5.88 Å². The van der Waals surface area contributed by atoms with Crippen molar-refractivity contribution in [1.82, 2.24) is 0 Å². The lowest BCUT2D eigenvalue weighted by atomic mass is 10.5. The lowest BCUT2D eigenvalue weighted by Gasteiger charge is -2.00. The van der Waals surface area contributed by atoms with Crippen molar-refractivity contribution in [2.45, 2.75) is 0 Å². The predicted molar refractivity (Wildman–Crippen MR) is 39.7 cm³/mol. The fourth-order valence-electron chi connectivity index (χ4n) is 0.591. The van der Waals surface area contributed by atoms with Crippen molar-refractivity contribution < 1.29 is 9.47 Å². The van der Waals surface area contributed by atoms with Crippen LogP contribution in [0.25, 0.3) is 0 Å². The first-order valence-corrected chi connectivity index (χ1v) is 3.46. The number of hydrogen-bond acceptors (Lipinski definition) is 2. The molecular formula is C6H6BrNO2. The Balaban J connectivity index is 3.09. The van der Waals surface area contributed by atoms with E-state index < -0.39 is 0 Å². The van der Waals surface area contributed by atoms with Gasteiger partial charge in [0, 0.05) is 10.5 Å². The molecule has 0 aromatic carbocycles. The van der Waals surface area contributed by atoms with Crippen LogP contribution >= 0.6 is 15.9 Å². The zero-order valence-electron chi connectivity index (χ0n) is 5.37. The third kappa shape index (κ3) is 1.39. The van der Waals surface area contributed by atoms with Gasteiger partial charge in [0.05, 0.1) is 13.2 Å². The van der Waals surface area contributed by atoms with E-state index in [0.717, 1.165) is 4.47 Å². The van der Waals surface area contributed by atoms with Gasteiger partial charge in [0.25, 0.3) is 0 Å². The summed E-state index contributed by atoms with van der Waals surface area (Å²) in [5.41, 5.74) is 0. The van der Waals surface area contributed by atoms with Crippen LogP contribution in [0.3, 0.4) is 0 Å². The summed E-state index contributed by atoms with van der Waals surface area (Å²) in [5.74, 6) is 0.286. The predicted octanol–water partition coefficient (Wildman–Crippen LogP) is 1.09. The van der Waals surface area contributed by atoms with E-state index in [9.17, 15) is 5.21 Å². The van der Waals surface area contributed by atoms with Crippen molar-refractivity contribution in [3.05, 3.63) is 28.0 Å². The number of rotatable bonds is 1. The standard InChI is InChI=1S/C6H6BrNO2/c1-10-6-4-5(7)2-3-8(6)9/h2-4H,1H3. The SMILES string of the molecule is COc1cc(Br)cc[n+]1[O-]. The van der Waals surface area contributed by atoms with Gasteiger partial charge in [-0.15, -0.1) is 4.73 Å². The molecule has 54 valence electrons. The highest BCUT2D eigenvalue weighted by atomic mass is 79.9. The van der Waals surface area contributed by atoms with Gasteiger partial charge in [0.15, 0.2) is 6.20 Å². The summed E-state index contributed by atoms with van der Waals surface area (Å²) in [5, 5.41) is 10.8. The van der Waals surface area contributed by atoms with Crippen molar-refractivity contribution >= 4 is 15.9 Å². The van der Waals surface area contributed by atoms with Gasteiger partial charge in [-0.3, -0.25) is 0 Å². The number of nitrogens with zero attached hydrogens (tertiary/aromatic N) is 1. The Morgan fingerprint density at radius 1 is 1.70 bits per heavy atom. The van der Waals surface area contributed by atoms with Gasteiger partial charge in [0.2, 0.25) is 0 Å². The maximum Gasteiger partial charge on any atom is 0.380 e. The Bertz CT molecular complexity index is 239. The number of methoxy groups -OCH3 is 1. The number of halogens is 1. The van der Waals surface area contributed by atoms with Crippen LogP contribution in [-0.4, -0.2) is 7.11 Å². The molecule has 0 saturated carbocycles. The molecule has 3 nitrogen and oxygen atoms in total. The molecule has 0 aliphatic carbocycles. The minimum atomic E-state index is 0.286. The molecule has 10 heavy (non-hydrogen) atoms. The fourth-order valence-corrected chi connectivity index (χ4v) is 0.905. The molecule has 0 aliphatic heterocycles. The Morgan fingerprint density at radius 3 is 2.90 bits per heavy atom. The van der Waals surface area contributed by atoms with Crippen molar-refractivity contribution in [1.29, 1.82) is 0 Å². The molecule has 0 unspecified atom stereocenters. The first kappa shape index (κ1) is 7.34. The molecule has 1 aromatic rings. The summed E-state index contributed by atoms with van der Waals surface area (Å²) in [6, 6.07) is 3.25. The molecular weight excluding hydrogens is 198 g/mol. The van der Waals surface area contributed by atoms with Gasteiger partial charge in [0.1, 0.15) is 0 Å². The van der Waals surface area contributed by atoms with E-state index in [1.807, 2.05) is 0 Å². The third-order valence-corrected chi connectivity index (χ3v) is 1.55.